The summed E-state index contributed by atoms with van der Waals surface area (Å²) in [7, 11) is 0.679. The largest absolute Gasteiger partial charge is 0.498 e. The van der Waals surface area contributed by atoms with Crippen LogP contribution in [-0.2, 0) is 14.0 Å². The number of ether oxygens (including phenoxy) is 2. The van der Waals surface area contributed by atoms with Crippen LogP contribution in [0.3, 0.4) is 0 Å². The molecule has 4 nitrogen and oxygen atoms in total. The highest BCUT2D eigenvalue weighted by Crippen LogP contribution is 2.37. The molecule has 0 aromatic heterocycles. The summed E-state index contributed by atoms with van der Waals surface area (Å²) in [5.74, 6) is -2.23. The van der Waals surface area contributed by atoms with Gasteiger partial charge in [-0.15, -0.1) is 0 Å². The summed E-state index contributed by atoms with van der Waals surface area (Å²) in [6, 6.07) is 2.46. The Morgan fingerprint density at radius 1 is 1.05 bits per heavy atom. The van der Waals surface area contributed by atoms with Crippen LogP contribution in [0.25, 0.3) is 0 Å². The number of methoxy groups -OCH3 is 1. The molecule has 0 spiro atoms. The molecule has 0 atom stereocenters. The van der Waals surface area contributed by atoms with Gasteiger partial charge in [0.15, 0.2) is 17.4 Å². The molecule has 1 aromatic carbocycles. The van der Waals surface area contributed by atoms with Crippen molar-refractivity contribution in [2.24, 2.45) is 0 Å². The molecule has 2 rings (SSSR count). The van der Waals surface area contributed by atoms with Crippen LogP contribution < -0.4 is 10.2 Å². The number of hydrogen-bond acceptors (Lipinski definition) is 4. The van der Waals surface area contributed by atoms with Gasteiger partial charge in [-0.1, -0.05) is 6.07 Å². The lowest BCUT2D eigenvalue weighted by Gasteiger charge is -2.32. The molecule has 122 valence electrons. The van der Waals surface area contributed by atoms with Gasteiger partial charge in [-0.2, -0.15) is 4.39 Å². The van der Waals surface area contributed by atoms with E-state index in [4.69, 9.17) is 18.8 Å². The molecule has 1 aliphatic rings. The standard InChI is InChI=1S/C15H21BF2O4/c1-14(2)15(3,4)22-16(21-14)10-6-7-11(17)12(18)13(10)20-9-8-19-5/h6-7H,8-9H2,1-5H3. The molecule has 0 bridgehead atoms. The minimum Gasteiger partial charge on any atom is -0.488 e. The zero-order valence-corrected chi connectivity index (χ0v) is 13.5. The average Bonchev–Trinajstić information content (AvgIpc) is 2.63. The zero-order valence-electron chi connectivity index (χ0n) is 13.5. The van der Waals surface area contributed by atoms with Crippen molar-refractivity contribution in [2.75, 3.05) is 20.3 Å². The van der Waals surface area contributed by atoms with Gasteiger partial charge < -0.3 is 18.8 Å². The third kappa shape index (κ3) is 3.11. The molecular formula is C15H21BF2O4. The van der Waals surface area contributed by atoms with Gasteiger partial charge in [0.25, 0.3) is 0 Å². The quantitative estimate of drug-likeness (QED) is 0.617. The first-order valence-corrected chi connectivity index (χ1v) is 7.15. The molecule has 1 heterocycles. The molecule has 1 aromatic rings. The van der Waals surface area contributed by atoms with E-state index in [-0.39, 0.29) is 19.0 Å². The molecule has 0 N–H and O–H groups in total. The minimum atomic E-state index is -1.05. The molecule has 0 saturated carbocycles. The molecule has 22 heavy (non-hydrogen) atoms. The Morgan fingerprint density at radius 3 is 2.18 bits per heavy atom. The Labute approximate surface area is 129 Å². The number of hydrogen-bond donors (Lipinski definition) is 0. The maximum atomic E-state index is 14.1. The Morgan fingerprint density at radius 2 is 1.64 bits per heavy atom. The van der Waals surface area contributed by atoms with Crippen molar-refractivity contribution in [2.45, 2.75) is 38.9 Å². The predicted molar refractivity (Wildman–Crippen MR) is 79.4 cm³/mol. The molecule has 1 aliphatic heterocycles. The monoisotopic (exact) mass is 314 g/mol. The summed E-state index contributed by atoms with van der Waals surface area (Å²) in [4.78, 5) is 0. The highest BCUT2D eigenvalue weighted by Gasteiger charge is 2.52. The van der Waals surface area contributed by atoms with E-state index in [1.54, 1.807) is 0 Å². The number of halogens is 2. The van der Waals surface area contributed by atoms with E-state index >= 15 is 0 Å². The summed E-state index contributed by atoms with van der Waals surface area (Å²) in [5, 5.41) is 0. The summed E-state index contributed by atoms with van der Waals surface area (Å²) in [5.41, 5.74) is -0.827. The van der Waals surface area contributed by atoms with Crippen molar-refractivity contribution in [3.8, 4) is 5.75 Å². The number of rotatable bonds is 5. The van der Waals surface area contributed by atoms with Crippen LogP contribution in [0.2, 0.25) is 0 Å². The first kappa shape index (κ1) is 17.2. The van der Waals surface area contributed by atoms with Gasteiger partial charge in [-0.3, -0.25) is 0 Å². The smallest absolute Gasteiger partial charge is 0.488 e. The van der Waals surface area contributed by atoms with Crippen LogP contribution in [-0.4, -0.2) is 38.6 Å². The van der Waals surface area contributed by atoms with Crippen molar-refractivity contribution < 1.29 is 27.6 Å². The van der Waals surface area contributed by atoms with Gasteiger partial charge in [0.1, 0.15) is 6.61 Å². The van der Waals surface area contributed by atoms with Crippen molar-refractivity contribution in [1.29, 1.82) is 0 Å². The van der Waals surface area contributed by atoms with Gasteiger partial charge in [-0.25, -0.2) is 4.39 Å². The number of benzene rings is 1. The molecule has 0 aliphatic carbocycles. The van der Waals surface area contributed by atoms with Crippen LogP contribution in [0.15, 0.2) is 12.1 Å². The van der Waals surface area contributed by atoms with Gasteiger partial charge in [0.05, 0.1) is 17.8 Å². The van der Waals surface area contributed by atoms with Crippen molar-refractivity contribution in [3.05, 3.63) is 23.8 Å². The van der Waals surface area contributed by atoms with E-state index in [1.165, 1.54) is 13.2 Å². The first-order chi connectivity index (χ1) is 10.2. The SMILES string of the molecule is COCCOc1c(B2OC(C)(C)C(C)(C)O2)ccc(F)c1F. The van der Waals surface area contributed by atoms with Crippen LogP contribution >= 0.6 is 0 Å². The Kier molecular flexibility index (Phi) is 4.80. The van der Waals surface area contributed by atoms with E-state index in [9.17, 15) is 8.78 Å². The van der Waals surface area contributed by atoms with E-state index < -0.39 is 30.0 Å². The van der Waals surface area contributed by atoms with Crippen LogP contribution in [0.5, 0.6) is 5.75 Å². The van der Waals surface area contributed by atoms with Crippen molar-refractivity contribution in [3.63, 3.8) is 0 Å². The summed E-state index contributed by atoms with van der Waals surface area (Å²) in [6.45, 7) is 7.91. The lowest BCUT2D eigenvalue weighted by molar-refractivity contribution is 0.00578. The van der Waals surface area contributed by atoms with E-state index in [0.717, 1.165) is 6.07 Å². The molecule has 1 saturated heterocycles. The Balaban J connectivity index is 2.33. The second-order valence-electron chi connectivity index (χ2n) is 6.21. The molecular weight excluding hydrogens is 293 g/mol. The summed E-state index contributed by atoms with van der Waals surface area (Å²) >= 11 is 0. The van der Waals surface area contributed by atoms with Crippen LogP contribution in [0.1, 0.15) is 27.7 Å². The first-order valence-electron chi connectivity index (χ1n) is 7.15. The molecule has 0 unspecified atom stereocenters. The Hall–Kier alpha value is -1.18. The topological polar surface area (TPSA) is 36.9 Å². The third-order valence-corrected chi connectivity index (χ3v) is 4.12. The molecule has 7 heteroatoms. The van der Waals surface area contributed by atoms with Gasteiger partial charge in [0.2, 0.25) is 0 Å². The third-order valence-electron chi connectivity index (χ3n) is 4.12. The fraction of sp³-hybridized carbons (Fsp3) is 0.600. The minimum absolute atomic E-state index is 0.101. The summed E-state index contributed by atoms with van der Waals surface area (Å²) in [6.07, 6.45) is 0. The average molecular weight is 314 g/mol. The van der Waals surface area contributed by atoms with E-state index in [1.807, 2.05) is 27.7 Å². The maximum Gasteiger partial charge on any atom is 0.498 e. The van der Waals surface area contributed by atoms with E-state index in [0.29, 0.717) is 5.46 Å². The normalized spacial score (nSPS) is 19.5. The lowest BCUT2D eigenvalue weighted by atomic mass is 9.78. The van der Waals surface area contributed by atoms with Gasteiger partial charge >= 0.3 is 7.12 Å². The van der Waals surface area contributed by atoms with Gasteiger partial charge in [-0.05, 0) is 33.8 Å². The zero-order chi connectivity index (χ0) is 16.5. The summed E-state index contributed by atoms with van der Waals surface area (Å²) < 4.78 is 49.5. The lowest BCUT2D eigenvalue weighted by Crippen LogP contribution is -2.41. The van der Waals surface area contributed by atoms with Crippen LogP contribution in [0, 0.1) is 11.6 Å². The van der Waals surface area contributed by atoms with Crippen molar-refractivity contribution in [1.82, 2.24) is 0 Å². The van der Waals surface area contributed by atoms with E-state index in [2.05, 4.69) is 0 Å². The fourth-order valence-corrected chi connectivity index (χ4v) is 2.08. The highest BCUT2D eigenvalue weighted by atomic mass is 19.2. The molecule has 0 radical (unpaired) electrons. The van der Waals surface area contributed by atoms with Crippen LogP contribution in [0.4, 0.5) is 8.78 Å². The maximum absolute atomic E-state index is 14.1. The molecule has 1 fully saturated rings. The highest BCUT2D eigenvalue weighted by molar-refractivity contribution is 6.63. The second-order valence-corrected chi connectivity index (χ2v) is 6.21. The second kappa shape index (κ2) is 6.14. The fourth-order valence-electron chi connectivity index (χ4n) is 2.08. The molecule has 0 amide bonds. The van der Waals surface area contributed by atoms with Crippen molar-refractivity contribution >= 4 is 12.6 Å². The Bertz CT molecular complexity index is 533. The predicted octanol–water partition coefficient (Wildman–Crippen LogP) is 2.29. The van der Waals surface area contributed by atoms with Gasteiger partial charge in [0, 0.05) is 12.6 Å².